The molecule has 0 saturated carbocycles. The summed E-state index contributed by atoms with van der Waals surface area (Å²) in [5.41, 5.74) is 1.44. The lowest BCUT2D eigenvalue weighted by Gasteiger charge is -2.22. The largest absolute Gasteiger partial charge is 0.379 e. The quantitative estimate of drug-likeness (QED) is 0.825. The molecule has 1 heterocycles. The predicted octanol–water partition coefficient (Wildman–Crippen LogP) is 3.27. The molecule has 1 rings (SSSR count). The van der Waals surface area contributed by atoms with Crippen LogP contribution in [0, 0.1) is 0 Å². The van der Waals surface area contributed by atoms with Gasteiger partial charge < -0.3 is 5.32 Å². The molecule has 0 spiro atoms. The Kier molecular flexibility index (Phi) is 4.32. The molecule has 0 aliphatic rings. The average Bonchev–Trinajstić information content (AvgIpc) is 2.27. The topological polar surface area (TPSA) is 34.0 Å². The van der Waals surface area contributed by atoms with E-state index in [1.54, 1.807) is 35.1 Å². The van der Waals surface area contributed by atoms with Gasteiger partial charge in [0.05, 0.1) is 5.69 Å². The molecule has 3 nitrogen and oxygen atoms in total. The molecule has 0 atom stereocenters. The zero-order valence-electron chi connectivity index (χ0n) is 11.2. The minimum Gasteiger partial charge on any atom is -0.379 e. The molecule has 0 saturated heterocycles. The Bertz CT molecular complexity index is 530. The van der Waals surface area contributed by atoms with E-state index in [1.165, 1.54) is 6.07 Å². The highest BCUT2D eigenvalue weighted by Gasteiger charge is 2.10. The second-order valence-corrected chi connectivity index (χ2v) is 5.03. The maximum absolute atomic E-state index is 11.8. The van der Waals surface area contributed by atoms with Gasteiger partial charge in [-0.2, -0.15) is 0 Å². The number of hydrogen-bond acceptors (Lipinski definition) is 2. The summed E-state index contributed by atoms with van der Waals surface area (Å²) in [7, 11) is 0. The van der Waals surface area contributed by atoms with Crippen LogP contribution in [0.2, 0.25) is 0 Å². The highest BCUT2D eigenvalue weighted by atomic mass is 16.1. The summed E-state index contributed by atoms with van der Waals surface area (Å²) in [6.45, 7) is 13.5. The van der Waals surface area contributed by atoms with E-state index in [4.69, 9.17) is 0 Å². The van der Waals surface area contributed by atoms with Gasteiger partial charge in [-0.1, -0.05) is 19.2 Å². The van der Waals surface area contributed by atoms with E-state index < -0.39 is 0 Å². The van der Waals surface area contributed by atoms with Crippen molar-refractivity contribution in [2.75, 3.05) is 5.32 Å². The first-order valence-corrected chi connectivity index (χ1v) is 5.84. The number of rotatable bonds is 4. The highest BCUT2D eigenvalue weighted by Crippen LogP contribution is 2.14. The van der Waals surface area contributed by atoms with E-state index in [0.717, 1.165) is 5.69 Å². The number of pyridine rings is 1. The Labute approximate surface area is 108 Å². The predicted molar refractivity (Wildman–Crippen MR) is 78.7 cm³/mol. The Morgan fingerprint density at radius 1 is 1.33 bits per heavy atom. The number of nitrogens with one attached hydrogen (secondary N) is 1. The number of nitrogens with zero attached hydrogens (tertiary/aromatic N) is 1. The van der Waals surface area contributed by atoms with Crippen molar-refractivity contribution in [2.24, 2.45) is 0 Å². The average molecular weight is 244 g/mol. The van der Waals surface area contributed by atoms with Gasteiger partial charge in [0.1, 0.15) is 0 Å². The summed E-state index contributed by atoms with van der Waals surface area (Å²) < 4.78 is 1.54. The lowest BCUT2D eigenvalue weighted by Crippen LogP contribution is -2.27. The van der Waals surface area contributed by atoms with Crippen LogP contribution in [0.15, 0.2) is 54.5 Å². The van der Waals surface area contributed by atoms with Crippen LogP contribution in [-0.4, -0.2) is 10.1 Å². The first-order valence-electron chi connectivity index (χ1n) is 5.84. The van der Waals surface area contributed by atoms with Gasteiger partial charge in [0.2, 0.25) is 0 Å². The molecule has 0 aliphatic carbocycles. The van der Waals surface area contributed by atoms with Gasteiger partial charge in [0.25, 0.3) is 5.56 Å². The van der Waals surface area contributed by atoms with Crippen LogP contribution in [0.4, 0.5) is 5.69 Å². The fourth-order valence-electron chi connectivity index (χ4n) is 1.56. The van der Waals surface area contributed by atoms with Crippen LogP contribution >= 0.6 is 0 Å². The van der Waals surface area contributed by atoms with Crippen molar-refractivity contribution >= 4 is 11.4 Å². The third kappa shape index (κ3) is 3.77. The number of hydrogen-bond donors (Lipinski definition) is 1. The Morgan fingerprint density at radius 3 is 2.50 bits per heavy atom. The van der Waals surface area contributed by atoms with Crippen molar-refractivity contribution in [3.05, 3.63) is 60.1 Å². The summed E-state index contributed by atoms with van der Waals surface area (Å²) in [5.74, 6) is 0. The molecule has 1 aromatic rings. The normalized spacial score (nSPS) is 12.1. The molecule has 0 unspecified atom stereocenters. The summed E-state index contributed by atoms with van der Waals surface area (Å²) in [4.78, 5) is 11.8. The molecule has 0 amide bonds. The maximum atomic E-state index is 11.8. The standard InChI is InChI=1S/C15H20N2O/c1-6-8-13(7-2)17-11-12(9-10-14(17)18)16-15(3,4)5/h6-11,16H,1-2H2,3-5H3/b13-8+. The SMILES string of the molecule is C=C/C=C(\C=C)n1cc(NC(C)(C)C)ccc1=O. The zero-order valence-corrected chi connectivity index (χ0v) is 11.2. The van der Waals surface area contributed by atoms with Gasteiger partial charge >= 0.3 is 0 Å². The summed E-state index contributed by atoms with van der Waals surface area (Å²) in [5, 5.41) is 3.32. The molecule has 3 heteroatoms. The number of allylic oxidation sites excluding steroid dienone is 4. The lowest BCUT2D eigenvalue weighted by molar-refractivity contribution is 0.633. The molecule has 0 aliphatic heterocycles. The van der Waals surface area contributed by atoms with Crippen LogP contribution in [0.25, 0.3) is 5.70 Å². The van der Waals surface area contributed by atoms with Gasteiger partial charge in [-0.25, -0.2) is 0 Å². The fourth-order valence-corrected chi connectivity index (χ4v) is 1.56. The van der Waals surface area contributed by atoms with Crippen molar-refractivity contribution in [1.82, 2.24) is 4.57 Å². The molecular weight excluding hydrogens is 224 g/mol. The Morgan fingerprint density at radius 2 is 2.00 bits per heavy atom. The molecular formula is C15H20N2O. The molecule has 1 N–H and O–H groups in total. The van der Waals surface area contributed by atoms with Gasteiger partial charge in [-0.05, 0) is 39.0 Å². The van der Waals surface area contributed by atoms with E-state index >= 15 is 0 Å². The van der Waals surface area contributed by atoms with Crippen molar-refractivity contribution in [2.45, 2.75) is 26.3 Å². The van der Waals surface area contributed by atoms with Gasteiger partial charge in [-0.15, -0.1) is 0 Å². The van der Waals surface area contributed by atoms with Gasteiger partial charge in [0.15, 0.2) is 0 Å². The summed E-state index contributed by atoms with van der Waals surface area (Å²) >= 11 is 0. The van der Waals surface area contributed by atoms with Crippen molar-refractivity contribution in [3.63, 3.8) is 0 Å². The van der Waals surface area contributed by atoms with Crippen molar-refractivity contribution in [3.8, 4) is 0 Å². The van der Waals surface area contributed by atoms with E-state index in [1.807, 2.05) is 0 Å². The van der Waals surface area contributed by atoms with Gasteiger partial charge in [0, 0.05) is 23.5 Å². The summed E-state index contributed by atoms with van der Waals surface area (Å²) in [6, 6.07) is 3.31. The van der Waals surface area contributed by atoms with Crippen LogP contribution < -0.4 is 10.9 Å². The van der Waals surface area contributed by atoms with E-state index in [2.05, 4.69) is 39.2 Å². The second-order valence-electron chi connectivity index (χ2n) is 5.03. The minimum absolute atomic E-state index is 0.0568. The lowest BCUT2D eigenvalue weighted by atomic mass is 10.1. The van der Waals surface area contributed by atoms with Crippen LogP contribution in [0.3, 0.4) is 0 Å². The first kappa shape index (κ1) is 14.0. The monoisotopic (exact) mass is 244 g/mol. The smallest absolute Gasteiger partial charge is 0.255 e. The molecule has 96 valence electrons. The Hall–Kier alpha value is -2.03. The van der Waals surface area contributed by atoms with E-state index in [-0.39, 0.29) is 11.1 Å². The van der Waals surface area contributed by atoms with Gasteiger partial charge in [-0.3, -0.25) is 9.36 Å². The van der Waals surface area contributed by atoms with E-state index in [0.29, 0.717) is 5.70 Å². The molecule has 0 radical (unpaired) electrons. The minimum atomic E-state index is -0.0949. The molecule has 1 aromatic heterocycles. The third-order valence-electron chi connectivity index (χ3n) is 2.21. The molecule has 0 fully saturated rings. The van der Waals surface area contributed by atoms with Crippen LogP contribution in [-0.2, 0) is 0 Å². The molecule has 0 aromatic carbocycles. The summed E-state index contributed by atoms with van der Waals surface area (Å²) in [6.07, 6.45) is 6.77. The Balaban J connectivity index is 3.24. The van der Waals surface area contributed by atoms with Crippen LogP contribution in [0.1, 0.15) is 20.8 Å². The molecule has 0 bridgehead atoms. The number of anilines is 1. The van der Waals surface area contributed by atoms with Crippen LogP contribution in [0.5, 0.6) is 0 Å². The van der Waals surface area contributed by atoms with E-state index in [9.17, 15) is 4.79 Å². The van der Waals surface area contributed by atoms with Crippen molar-refractivity contribution < 1.29 is 0 Å². The maximum Gasteiger partial charge on any atom is 0.255 e. The molecule has 18 heavy (non-hydrogen) atoms. The number of aromatic nitrogens is 1. The third-order valence-corrected chi connectivity index (χ3v) is 2.21. The second kappa shape index (κ2) is 5.54. The fraction of sp³-hybridized carbons (Fsp3) is 0.267. The zero-order chi connectivity index (χ0) is 13.8. The highest BCUT2D eigenvalue weighted by molar-refractivity contribution is 5.60. The first-order chi connectivity index (χ1) is 8.37. The van der Waals surface area contributed by atoms with Crippen molar-refractivity contribution in [1.29, 1.82) is 0 Å².